The van der Waals surface area contributed by atoms with E-state index in [0.717, 1.165) is 48.5 Å². The number of hydrogen-bond donors (Lipinski definition) is 1. The molecule has 0 bridgehead atoms. The van der Waals surface area contributed by atoms with E-state index in [-0.39, 0.29) is 17.0 Å². The fourth-order valence-electron chi connectivity index (χ4n) is 2.72. The maximum atomic E-state index is 13.2. The van der Waals surface area contributed by atoms with Gasteiger partial charge in [0.05, 0.1) is 10.5 Å². The molecule has 30 heavy (non-hydrogen) atoms. The van der Waals surface area contributed by atoms with E-state index in [9.17, 15) is 30.8 Å². The van der Waals surface area contributed by atoms with Crippen molar-refractivity contribution in [2.45, 2.75) is 16.3 Å². The van der Waals surface area contributed by atoms with Crippen LogP contribution in [0.4, 0.5) is 17.6 Å². The van der Waals surface area contributed by atoms with E-state index in [2.05, 4.69) is 5.32 Å². The topological polar surface area (TPSA) is 63.2 Å². The van der Waals surface area contributed by atoms with E-state index >= 15 is 0 Å². The normalized spacial score (nSPS) is 13.1. The molecular formula is C20H15F4NO3S2. The summed E-state index contributed by atoms with van der Waals surface area (Å²) in [6.07, 6.45) is -4.53. The zero-order valence-corrected chi connectivity index (χ0v) is 16.8. The van der Waals surface area contributed by atoms with Gasteiger partial charge in [0, 0.05) is 17.0 Å². The zero-order chi connectivity index (χ0) is 21.9. The molecule has 1 heterocycles. The zero-order valence-electron chi connectivity index (χ0n) is 15.2. The lowest BCUT2D eigenvalue weighted by molar-refractivity contribution is -0.137. The number of rotatable bonds is 6. The number of alkyl halides is 3. The Morgan fingerprint density at radius 1 is 1.00 bits per heavy atom. The second kappa shape index (κ2) is 8.57. The van der Waals surface area contributed by atoms with E-state index in [0.29, 0.717) is 4.88 Å². The maximum Gasteiger partial charge on any atom is 0.416 e. The van der Waals surface area contributed by atoms with Gasteiger partial charge in [-0.25, -0.2) is 12.8 Å². The summed E-state index contributed by atoms with van der Waals surface area (Å²) in [5.41, 5.74) is -0.929. The van der Waals surface area contributed by atoms with Gasteiger partial charge in [0.2, 0.25) is 0 Å². The molecule has 0 saturated carbocycles. The SMILES string of the molecule is O=C(NCC(c1cccs1)S(=O)(=O)c1ccc(F)cc1)c1ccc(C(F)(F)F)cc1. The van der Waals surface area contributed by atoms with Crippen LogP contribution in [-0.2, 0) is 16.0 Å². The van der Waals surface area contributed by atoms with Crippen molar-refractivity contribution in [2.75, 3.05) is 6.54 Å². The molecule has 2 aromatic carbocycles. The quantitative estimate of drug-likeness (QED) is 0.425. The van der Waals surface area contributed by atoms with Gasteiger partial charge in [-0.2, -0.15) is 13.2 Å². The Kier molecular flexibility index (Phi) is 6.27. The fourth-order valence-corrected chi connectivity index (χ4v) is 5.51. The van der Waals surface area contributed by atoms with Gasteiger partial charge in [-0.1, -0.05) is 6.07 Å². The molecule has 4 nitrogen and oxygen atoms in total. The third kappa shape index (κ3) is 4.88. The van der Waals surface area contributed by atoms with Crippen LogP contribution in [0.25, 0.3) is 0 Å². The molecule has 0 saturated heterocycles. The number of sulfone groups is 1. The van der Waals surface area contributed by atoms with Gasteiger partial charge in [-0.3, -0.25) is 4.79 Å². The monoisotopic (exact) mass is 457 g/mol. The number of carbonyl (C=O) groups is 1. The molecule has 0 radical (unpaired) electrons. The summed E-state index contributed by atoms with van der Waals surface area (Å²) in [4.78, 5) is 12.7. The highest BCUT2D eigenvalue weighted by atomic mass is 32.2. The summed E-state index contributed by atoms with van der Waals surface area (Å²) >= 11 is 1.18. The number of hydrogen-bond acceptors (Lipinski definition) is 4. The minimum atomic E-state index is -4.53. The molecule has 1 amide bonds. The lowest BCUT2D eigenvalue weighted by Crippen LogP contribution is -2.31. The molecular weight excluding hydrogens is 442 g/mol. The van der Waals surface area contributed by atoms with Crippen LogP contribution in [0.2, 0.25) is 0 Å². The van der Waals surface area contributed by atoms with Crippen LogP contribution in [0.1, 0.15) is 26.0 Å². The van der Waals surface area contributed by atoms with Crippen LogP contribution in [-0.4, -0.2) is 20.9 Å². The van der Waals surface area contributed by atoms with Gasteiger partial charge in [-0.05, 0) is 60.0 Å². The molecule has 1 atom stereocenters. The molecule has 1 N–H and O–H groups in total. The van der Waals surface area contributed by atoms with Crippen LogP contribution in [0.5, 0.6) is 0 Å². The molecule has 1 aromatic heterocycles. The number of thiophene rings is 1. The van der Waals surface area contributed by atoms with E-state index in [1.165, 1.54) is 11.3 Å². The molecule has 0 fully saturated rings. The average Bonchev–Trinajstić information content (AvgIpc) is 3.22. The van der Waals surface area contributed by atoms with Gasteiger partial charge >= 0.3 is 6.18 Å². The first kappa shape index (κ1) is 22.0. The van der Waals surface area contributed by atoms with Crippen molar-refractivity contribution in [2.24, 2.45) is 0 Å². The van der Waals surface area contributed by atoms with Gasteiger partial charge in [0.15, 0.2) is 9.84 Å². The van der Waals surface area contributed by atoms with Gasteiger partial charge in [0.25, 0.3) is 5.91 Å². The summed E-state index contributed by atoms with van der Waals surface area (Å²) in [6, 6.07) is 11.2. The second-order valence-corrected chi connectivity index (χ2v) is 9.40. The number of benzene rings is 2. The molecule has 0 aliphatic carbocycles. The minimum absolute atomic E-state index is 0.0351. The van der Waals surface area contributed by atoms with Crippen molar-refractivity contribution in [3.8, 4) is 0 Å². The number of nitrogens with one attached hydrogen (secondary N) is 1. The van der Waals surface area contributed by atoms with Gasteiger partial charge in [0.1, 0.15) is 11.1 Å². The molecule has 0 aliphatic heterocycles. The van der Waals surface area contributed by atoms with Crippen molar-refractivity contribution in [1.82, 2.24) is 5.32 Å². The highest BCUT2D eigenvalue weighted by Crippen LogP contribution is 2.32. The minimum Gasteiger partial charge on any atom is -0.350 e. The molecule has 0 spiro atoms. The predicted octanol–water partition coefficient (Wildman–Crippen LogP) is 4.85. The summed E-state index contributed by atoms with van der Waals surface area (Å²) < 4.78 is 77.3. The Morgan fingerprint density at radius 3 is 2.17 bits per heavy atom. The summed E-state index contributed by atoms with van der Waals surface area (Å²) in [6.45, 7) is -0.305. The molecule has 1 unspecified atom stereocenters. The van der Waals surface area contributed by atoms with E-state index < -0.39 is 38.6 Å². The molecule has 3 rings (SSSR count). The Bertz CT molecular complexity index is 1110. The number of carbonyl (C=O) groups excluding carboxylic acids is 1. The third-order valence-electron chi connectivity index (χ3n) is 4.30. The highest BCUT2D eigenvalue weighted by Gasteiger charge is 2.32. The largest absolute Gasteiger partial charge is 0.416 e. The standard InChI is InChI=1S/C20H15F4NO3S2/c21-15-7-9-16(10-8-15)30(27,28)18(17-2-1-11-29-17)12-25-19(26)13-3-5-14(6-4-13)20(22,23)24/h1-11,18H,12H2,(H,25,26). The van der Waals surface area contributed by atoms with Crippen molar-refractivity contribution >= 4 is 27.1 Å². The second-order valence-electron chi connectivity index (χ2n) is 6.29. The summed E-state index contributed by atoms with van der Waals surface area (Å²) in [5, 5.41) is 3.01. The van der Waals surface area contributed by atoms with Crippen molar-refractivity contribution in [1.29, 1.82) is 0 Å². The molecule has 10 heteroatoms. The van der Waals surface area contributed by atoms with Crippen LogP contribution in [0.15, 0.2) is 70.9 Å². The lowest BCUT2D eigenvalue weighted by atomic mass is 10.1. The predicted molar refractivity (Wildman–Crippen MR) is 104 cm³/mol. The first-order valence-electron chi connectivity index (χ1n) is 8.57. The van der Waals surface area contributed by atoms with Crippen LogP contribution in [0, 0.1) is 5.82 Å². The molecule has 3 aromatic rings. The number of halogens is 4. The van der Waals surface area contributed by atoms with Crippen LogP contribution in [0.3, 0.4) is 0 Å². The highest BCUT2D eigenvalue weighted by molar-refractivity contribution is 7.91. The third-order valence-corrected chi connectivity index (χ3v) is 7.53. The first-order chi connectivity index (χ1) is 14.1. The van der Waals surface area contributed by atoms with Crippen LogP contribution >= 0.6 is 11.3 Å². The molecule has 0 aliphatic rings. The fraction of sp³-hybridized carbons (Fsp3) is 0.150. The smallest absolute Gasteiger partial charge is 0.350 e. The van der Waals surface area contributed by atoms with Gasteiger partial charge < -0.3 is 5.32 Å². The lowest BCUT2D eigenvalue weighted by Gasteiger charge is -2.17. The first-order valence-corrected chi connectivity index (χ1v) is 11.0. The van der Waals surface area contributed by atoms with E-state index in [1.807, 2.05) is 0 Å². The van der Waals surface area contributed by atoms with E-state index in [1.54, 1.807) is 17.5 Å². The Morgan fingerprint density at radius 2 is 1.63 bits per heavy atom. The summed E-state index contributed by atoms with van der Waals surface area (Å²) in [7, 11) is -3.96. The van der Waals surface area contributed by atoms with Crippen molar-refractivity contribution < 1.29 is 30.8 Å². The average molecular weight is 457 g/mol. The summed E-state index contributed by atoms with van der Waals surface area (Å²) in [5.74, 6) is -1.29. The van der Waals surface area contributed by atoms with E-state index in [4.69, 9.17) is 0 Å². The Labute approximate surface area is 174 Å². The maximum absolute atomic E-state index is 13.2. The Balaban J connectivity index is 1.81. The molecule has 158 valence electrons. The van der Waals surface area contributed by atoms with Crippen LogP contribution < -0.4 is 5.32 Å². The Hall–Kier alpha value is -2.72. The van der Waals surface area contributed by atoms with Crippen molar-refractivity contribution in [3.05, 3.63) is 87.9 Å². The number of amides is 1. The van der Waals surface area contributed by atoms with Crippen molar-refractivity contribution in [3.63, 3.8) is 0 Å². The van der Waals surface area contributed by atoms with Gasteiger partial charge in [-0.15, -0.1) is 11.3 Å².